The van der Waals surface area contributed by atoms with Gasteiger partial charge in [0, 0.05) is 57.2 Å². The van der Waals surface area contributed by atoms with Crippen LogP contribution in [0.4, 0.5) is 21.8 Å². The third-order valence-electron chi connectivity index (χ3n) is 6.54. The van der Waals surface area contributed by atoms with Crippen molar-refractivity contribution in [3.63, 3.8) is 0 Å². The number of nitrogens with one attached hydrogen (secondary N) is 3. The van der Waals surface area contributed by atoms with Crippen LogP contribution in [0.15, 0.2) is 54.7 Å². The number of rotatable bonds is 8. The van der Waals surface area contributed by atoms with Crippen molar-refractivity contribution in [3.05, 3.63) is 66.1 Å². The Labute approximate surface area is 221 Å². The van der Waals surface area contributed by atoms with Crippen LogP contribution in [0.5, 0.6) is 11.5 Å². The summed E-state index contributed by atoms with van der Waals surface area (Å²) in [5.74, 6) is 1.99. The Kier molecular flexibility index (Phi) is 7.52. The van der Waals surface area contributed by atoms with E-state index in [4.69, 9.17) is 9.72 Å². The minimum absolute atomic E-state index is 0.0751. The molecule has 2 aromatic heterocycles. The minimum Gasteiger partial charge on any atom is -0.457 e. The van der Waals surface area contributed by atoms with E-state index in [0.717, 1.165) is 42.9 Å². The Morgan fingerprint density at radius 3 is 2.68 bits per heavy atom. The van der Waals surface area contributed by atoms with Crippen LogP contribution in [0.1, 0.15) is 25.3 Å². The number of amides is 1. The maximum atomic E-state index is 14.1. The van der Waals surface area contributed by atoms with Gasteiger partial charge < -0.3 is 25.3 Å². The minimum atomic E-state index is -0.212. The van der Waals surface area contributed by atoms with Crippen molar-refractivity contribution >= 4 is 34.4 Å². The maximum Gasteiger partial charge on any atom is 0.239 e. The molecule has 1 amide bonds. The first-order valence-corrected chi connectivity index (χ1v) is 12.8. The zero-order valence-electron chi connectivity index (χ0n) is 21.8. The molecule has 0 atom stereocenters. The van der Waals surface area contributed by atoms with Crippen LogP contribution in [-0.4, -0.2) is 58.1 Å². The van der Waals surface area contributed by atoms with E-state index < -0.39 is 0 Å². The van der Waals surface area contributed by atoms with Crippen molar-refractivity contribution < 1.29 is 13.9 Å². The fraction of sp³-hybridized carbons (Fsp3) is 0.321. The number of anilines is 3. The molecule has 5 rings (SSSR count). The summed E-state index contributed by atoms with van der Waals surface area (Å²) in [6.45, 7) is 7.73. The summed E-state index contributed by atoms with van der Waals surface area (Å²) in [5, 5.41) is 9.43. The Morgan fingerprint density at radius 1 is 1.11 bits per heavy atom. The number of carbonyl (C=O) groups excluding carboxylic acids is 1. The van der Waals surface area contributed by atoms with Crippen LogP contribution >= 0.6 is 0 Å². The van der Waals surface area contributed by atoms with Gasteiger partial charge in [0.05, 0.1) is 17.6 Å². The van der Waals surface area contributed by atoms with E-state index in [1.807, 2.05) is 49.7 Å². The summed E-state index contributed by atoms with van der Waals surface area (Å²) in [7, 11) is 1.92. The van der Waals surface area contributed by atoms with Crippen molar-refractivity contribution in [3.8, 4) is 11.5 Å². The van der Waals surface area contributed by atoms with Crippen LogP contribution in [-0.2, 0) is 11.8 Å². The van der Waals surface area contributed by atoms with Crippen LogP contribution in [0, 0.1) is 5.82 Å². The summed E-state index contributed by atoms with van der Waals surface area (Å²) in [4.78, 5) is 23.5. The molecule has 1 aliphatic heterocycles. The number of imidazole rings is 1. The first-order valence-electron chi connectivity index (χ1n) is 12.8. The highest BCUT2D eigenvalue weighted by atomic mass is 19.1. The van der Waals surface area contributed by atoms with Crippen molar-refractivity contribution in [2.75, 3.05) is 43.4 Å². The molecule has 38 heavy (non-hydrogen) atoms. The van der Waals surface area contributed by atoms with Crippen molar-refractivity contribution in [1.29, 1.82) is 0 Å². The normalized spacial score (nSPS) is 14.1. The average molecular weight is 518 g/mol. The lowest BCUT2D eigenvalue weighted by molar-refractivity contribution is -0.117. The van der Waals surface area contributed by atoms with Gasteiger partial charge in [0.25, 0.3) is 0 Å². The van der Waals surface area contributed by atoms with Crippen LogP contribution in [0.25, 0.3) is 11.0 Å². The van der Waals surface area contributed by atoms with Gasteiger partial charge in [0.1, 0.15) is 23.1 Å². The molecule has 198 valence electrons. The number of piperazine rings is 1. The Morgan fingerprint density at radius 2 is 1.89 bits per heavy atom. The smallest absolute Gasteiger partial charge is 0.239 e. The maximum absolute atomic E-state index is 14.1. The molecule has 9 nitrogen and oxygen atoms in total. The standard InChI is InChI=1S/C28H32FN7O2/c1-18(2)22-14-19(4-6-23(22)29)32-28-33-24-15-20(5-7-25(24)35(28)3)38-21-8-9-31-26(16-21)34-27(37)17-36-12-10-30-11-13-36/h4-9,14-16,18,30H,10-13,17H2,1-3H3,(H,32,33)(H,31,34,37). The topological polar surface area (TPSA) is 96.3 Å². The zero-order valence-corrected chi connectivity index (χ0v) is 21.8. The van der Waals surface area contributed by atoms with Gasteiger partial charge in [-0.15, -0.1) is 0 Å². The van der Waals surface area contributed by atoms with E-state index in [2.05, 4.69) is 25.8 Å². The molecule has 1 aliphatic rings. The number of nitrogens with zero attached hydrogens (tertiary/aromatic N) is 4. The lowest BCUT2D eigenvalue weighted by Crippen LogP contribution is -2.46. The number of ether oxygens (including phenoxy) is 1. The van der Waals surface area contributed by atoms with E-state index in [-0.39, 0.29) is 17.6 Å². The van der Waals surface area contributed by atoms with E-state index >= 15 is 0 Å². The van der Waals surface area contributed by atoms with Gasteiger partial charge in [-0.2, -0.15) is 0 Å². The molecular weight excluding hydrogens is 485 g/mol. The molecule has 0 aliphatic carbocycles. The summed E-state index contributed by atoms with van der Waals surface area (Å²) in [5.41, 5.74) is 3.09. The second kappa shape index (κ2) is 11.2. The molecule has 3 heterocycles. The highest BCUT2D eigenvalue weighted by Gasteiger charge is 2.15. The monoisotopic (exact) mass is 517 g/mol. The molecule has 2 aromatic carbocycles. The number of aromatic nitrogens is 3. The number of aryl methyl sites for hydroxylation is 1. The number of carbonyl (C=O) groups is 1. The third kappa shape index (κ3) is 5.92. The Hall–Kier alpha value is -4.02. The fourth-order valence-corrected chi connectivity index (χ4v) is 4.48. The Bertz CT molecular complexity index is 1450. The van der Waals surface area contributed by atoms with E-state index in [1.165, 1.54) is 6.07 Å². The molecule has 3 N–H and O–H groups in total. The summed E-state index contributed by atoms with van der Waals surface area (Å²) in [6.07, 6.45) is 1.60. The molecule has 1 fully saturated rings. The van der Waals surface area contributed by atoms with Gasteiger partial charge in [0.15, 0.2) is 0 Å². The second-order valence-electron chi connectivity index (χ2n) is 9.71. The zero-order chi connectivity index (χ0) is 26.6. The van der Waals surface area contributed by atoms with E-state index in [1.54, 1.807) is 24.4 Å². The molecule has 0 unspecified atom stereocenters. The van der Waals surface area contributed by atoms with Crippen LogP contribution < -0.4 is 20.7 Å². The molecule has 0 bridgehead atoms. The second-order valence-corrected chi connectivity index (χ2v) is 9.71. The molecular formula is C28H32FN7O2. The number of fused-ring (bicyclic) bond motifs is 1. The average Bonchev–Trinajstić information content (AvgIpc) is 3.20. The van der Waals surface area contributed by atoms with Crippen LogP contribution in [0.2, 0.25) is 0 Å². The predicted molar refractivity (Wildman–Crippen MR) is 147 cm³/mol. The van der Waals surface area contributed by atoms with Gasteiger partial charge in [-0.1, -0.05) is 13.8 Å². The van der Waals surface area contributed by atoms with Gasteiger partial charge in [-0.3, -0.25) is 9.69 Å². The Balaban J connectivity index is 1.28. The molecule has 0 radical (unpaired) electrons. The number of pyridine rings is 1. The van der Waals surface area contributed by atoms with Crippen molar-refractivity contribution in [2.45, 2.75) is 19.8 Å². The highest BCUT2D eigenvalue weighted by molar-refractivity contribution is 5.91. The van der Waals surface area contributed by atoms with Crippen molar-refractivity contribution in [2.24, 2.45) is 7.05 Å². The molecule has 1 saturated heterocycles. The number of hydrogen-bond donors (Lipinski definition) is 3. The van der Waals surface area contributed by atoms with Gasteiger partial charge in [-0.25, -0.2) is 14.4 Å². The largest absolute Gasteiger partial charge is 0.457 e. The predicted octanol–water partition coefficient (Wildman–Crippen LogP) is 4.61. The lowest BCUT2D eigenvalue weighted by Gasteiger charge is -2.26. The summed E-state index contributed by atoms with van der Waals surface area (Å²) in [6, 6.07) is 14.1. The highest BCUT2D eigenvalue weighted by Crippen LogP contribution is 2.30. The van der Waals surface area contributed by atoms with Crippen LogP contribution in [0.3, 0.4) is 0 Å². The SMILES string of the molecule is CC(C)c1cc(Nc2nc3cc(Oc4ccnc(NC(=O)CN5CCNCC5)c4)ccc3n2C)ccc1F. The quantitative estimate of drug-likeness (QED) is 0.314. The fourth-order valence-electron chi connectivity index (χ4n) is 4.48. The summed E-state index contributed by atoms with van der Waals surface area (Å²) < 4.78 is 22.1. The van der Waals surface area contributed by atoms with Gasteiger partial charge in [-0.05, 0) is 47.9 Å². The molecule has 4 aromatic rings. The van der Waals surface area contributed by atoms with E-state index in [0.29, 0.717) is 35.4 Å². The molecule has 0 saturated carbocycles. The van der Waals surface area contributed by atoms with Gasteiger partial charge in [0.2, 0.25) is 11.9 Å². The number of hydrogen-bond acceptors (Lipinski definition) is 7. The third-order valence-corrected chi connectivity index (χ3v) is 6.54. The summed E-state index contributed by atoms with van der Waals surface area (Å²) >= 11 is 0. The first kappa shape index (κ1) is 25.6. The van der Waals surface area contributed by atoms with E-state index in [9.17, 15) is 9.18 Å². The number of benzene rings is 2. The van der Waals surface area contributed by atoms with Gasteiger partial charge >= 0.3 is 0 Å². The molecule has 0 spiro atoms. The first-order chi connectivity index (χ1) is 18.4. The van der Waals surface area contributed by atoms with Crippen molar-refractivity contribution in [1.82, 2.24) is 24.8 Å². The molecule has 10 heteroatoms. The lowest BCUT2D eigenvalue weighted by atomic mass is 10.0. The number of halogens is 1.